The van der Waals surface area contributed by atoms with Gasteiger partial charge in [-0.1, -0.05) is 17.7 Å². The van der Waals surface area contributed by atoms with Gasteiger partial charge in [0.05, 0.1) is 29.3 Å². The van der Waals surface area contributed by atoms with Crippen LogP contribution in [0.25, 0.3) is 0 Å². The molecule has 0 saturated carbocycles. The third-order valence-corrected chi connectivity index (χ3v) is 7.25. The summed E-state index contributed by atoms with van der Waals surface area (Å²) in [5, 5.41) is 14.2. The second kappa shape index (κ2) is 12.5. The molecule has 0 radical (unpaired) electrons. The van der Waals surface area contributed by atoms with Crippen LogP contribution in [0.15, 0.2) is 30.3 Å². The van der Waals surface area contributed by atoms with Crippen LogP contribution in [-0.4, -0.2) is 84.8 Å². The van der Waals surface area contributed by atoms with E-state index in [1.54, 1.807) is 11.0 Å². The lowest BCUT2D eigenvalue weighted by molar-refractivity contribution is -0.138. The molecule has 2 aromatic rings. The quantitative estimate of drug-likeness (QED) is 0.391. The molecule has 2 fully saturated rings. The highest BCUT2D eigenvalue weighted by Crippen LogP contribution is 2.31. The molecule has 9 nitrogen and oxygen atoms in total. The maximum absolute atomic E-state index is 14.9. The summed E-state index contributed by atoms with van der Waals surface area (Å²) in [5.41, 5.74) is -0.0295. The fourth-order valence-corrected chi connectivity index (χ4v) is 4.75. The number of halogens is 6. The van der Waals surface area contributed by atoms with Crippen LogP contribution in [0.1, 0.15) is 22.3 Å². The average Bonchev–Trinajstić information content (AvgIpc) is 2.88. The maximum atomic E-state index is 14.9. The first-order valence-electron chi connectivity index (χ1n) is 12.7. The molecule has 2 aliphatic rings. The Bertz CT molecular complexity index is 1310. The van der Waals surface area contributed by atoms with Crippen LogP contribution >= 0.6 is 11.6 Å². The lowest BCUT2D eigenvalue weighted by Crippen LogP contribution is -2.55. The molecular weight excluding hydrogens is 577 g/mol. The molecule has 0 unspecified atom stereocenters. The highest BCUT2D eigenvalue weighted by Gasteiger charge is 2.35. The van der Waals surface area contributed by atoms with Crippen molar-refractivity contribution >= 4 is 40.9 Å². The number of carbonyl (C=O) groups is 3. The van der Waals surface area contributed by atoms with Crippen molar-refractivity contribution in [2.75, 3.05) is 56.0 Å². The van der Waals surface area contributed by atoms with E-state index in [0.717, 1.165) is 11.0 Å². The van der Waals surface area contributed by atoms with Crippen LogP contribution in [-0.2, 0) is 11.3 Å². The number of anilines is 2. The Morgan fingerprint density at radius 1 is 1.00 bits per heavy atom. The van der Waals surface area contributed by atoms with Crippen LogP contribution in [0.5, 0.6) is 0 Å². The molecule has 0 aromatic heterocycles. The molecule has 2 heterocycles. The monoisotopic (exact) mass is 603 g/mol. The number of hydrogen-bond donors (Lipinski definition) is 3. The van der Waals surface area contributed by atoms with E-state index in [4.69, 9.17) is 16.7 Å². The summed E-state index contributed by atoms with van der Waals surface area (Å²) in [6, 6.07) is 6.82. The summed E-state index contributed by atoms with van der Waals surface area (Å²) in [7, 11) is 0. The Morgan fingerprint density at radius 2 is 1.68 bits per heavy atom. The molecule has 3 N–H and O–H groups in total. The topological polar surface area (TPSA) is 105 Å². The summed E-state index contributed by atoms with van der Waals surface area (Å²) in [5.74, 6) is -4.75. The molecule has 41 heavy (non-hydrogen) atoms. The molecule has 15 heteroatoms. The zero-order valence-electron chi connectivity index (χ0n) is 21.6. The molecular formula is C26H27ClF5N5O4. The first-order chi connectivity index (χ1) is 19.3. The van der Waals surface area contributed by atoms with Crippen LogP contribution in [0.3, 0.4) is 0 Å². The Kier molecular flexibility index (Phi) is 9.22. The van der Waals surface area contributed by atoms with E-state index >= 15 is 0 Å². The SMILES string of the molecule is O=C(Nc1ccc(Cl)cc1N1CCN(CCC(F)(F)F)CC1)c1ccc(CNC(=O)C2CN(C(=O)O)C2)c(F)c1F. The second-order valence-electron chi connectivity index (χ2n) is 9.81. The number of amides is 3. The van der Waals surface area contributed by atoms with Crippen molar-refractivity contribution in [3.8, 4) is 0 Å². The molecule has 0 spiro atoms. The summed E-state index contributed by atoms with van der Waals surface area (Å²) in [6.45, 7) is 0.974. The highest BCUT2D eigenvalue weighted by atomic mass is 35.5. The summed E-state index contributed by atoms with van der Waals surface area (Å²) in [4.78, 5) is 40.5. The minimum Gasteiger partial charge on any atom is -0.465 e. The largest absolute Gasteiger partial charge is 0.465 e. The van der Waals surface area contributed by atoms with Gasteiger partial charge >= 0.3 is 12.3 Å². The zero-order chi connectivity index (χ0) is 29.9. The van der Waals surface area contributed by atoms with Gasteiger partial charge in [0.25, 0.3) is 5.91 Å². The van der Waals surface area contributed by atoms with Crippen molar-refractivity contribution in [1.29, 1.82) is 0 Å². The molecule has 2 aromatic carbocycles. The molecule has 4 rings (SSSR count). The normalized spacial score (nSPS) is 16.3. The number of rotatable bonds is 8. The Labute approximate surface area is 236 Å². The van der Waals surface area contributed by atoms with E-state index in [1.807, 2.05) is 4.90 Å². The van der Waals surface area contributed by atoms with E-state index in [2.05, 4.69) is 10.6 Å². The molecule has 2 aliphatic heterocycles. The van der Waals surface area contributed by atoms with Crippen LogP contribution in [0.4, 0.5) is 38.1 Å². The molecule has 222 valence electrons. The molecule has 0 aliphatic carbocycles. The van der Waals surface area contributed by atoms with Crippen LogP contribution in [0, 0.1) is 17.6 Å². The average molecular weight is 604 g/mol. The first-order valence-corrected chi connectivity index (χ1v) is 13.1. The number of nitrogens with one attached hydrogen (secondary N) is 2. The third kappa shape index (κ3) is 7.55. The highest BCUT2D eigenvalue weighted by molar-refractivity contribution is 6.31. The number of benzene rings is 2. The molecule has 0 atom stereocenters. The van der Waals surface area contributed by atoms with Crippen molar-refractivity contribution in [3.63, 3.8) is 0 Å². The van der Waals surface area contributed by atoms with E-state index < -0.39 is 53.6 Å². The number of alkyl halides is 3. The second-order valence-corrected chi connectivity index (χ2v) is 10.2. The van der Waals surface area contributed by atoms with Gasteiger partial charge in [-0.25, -0.2) is 13.6 Å². The van der Waals surface area contributed by atoms with Crippen molar-refractivity contribution in [2.45, 2.75) is 19.1 Å². The number of carboxylic acid groups (broad SMARTS) is 1. The van der Waals surface area contributed by atoms with Gasteiger partial charge < -0.3 is 25.5 Å². The van der Waals surface area contributed by atoms with E-state index in [0.29, 0.717) is 36.9 Å². The Hall–Kier alpha value is -3.65. The molecule has 3 amide bonds. The number of likely N-dealkylation sites (tertiary alicyclic amines) is 1. The number of piperazine rings is 1. The third-order valence-electron chi connectivity index (χ3n) is 7.02. The summed E-state index contributed by atoms with van der Waals surface area (Å²) >= 11 is 6.14. The van der Waals surface area contributed by atoms with Gasteiger partial charge in [0.1, 0.15) is 0 Å². The number of hydrogen-bond acceptors (Lipinski definition) is 5. The van der Waals surface area contributed by atoms with E-state index in [9.17, 15) is 36.3 Å². The first kappa shape index (κ1) is 30.3. The van der Waals surface area contributed by atoms with E-state index in [1.165, 1.54) is 18.2 Å². The number of carbonyl (C=O) groups excluding carboxylic acids is 2. The van der Waals surface area contributed by atoms with Crippen LogP contribution in [0.2, 0.25) is 5.02 Å². The van der Waals surface area contributed by atoms with Gasteiger partial charge in [-0.15, -0.1) is 0 Å². The van der Waals surface area contributed by atoms with E-state index in [-0.39, 0.29) is 37.4 Å². The van der Waals surface area contributed by atoms with Gasteiger partial charge in [0.2, 0.25) is 5.91 Å². The van der Waals surface area contributed by atoms with Gasteiger partial charge in [0, 0.05) is 62.9 Å². The van der Waals surface area contributed by atoms with Crippen molar-refractivity contribution in [1.82, 2.24) is 15.1 Å². The summed E-state index contributed by atoms with van der Waals surface area (Å²) < 4.78 is 67.4. The fraction of sp³-hybridized carbons (Fsp3) is 0.423. The Balaban J connectivity index is 1.38. The lowest BCUT2D eigenvalue weighted by atomic mass is 10.00. The van der Waals surface area contributed by atoms with Gasteiger partial charge in [-0.2, -0.15) is 13.2 Å². The molecule has 0 bridgehead atoms. The minimum atomic E-state index is -4.25. The lowest BCUT2D eigenvalue weighted by Gasteiger charge is -2.37. The predicted molar refractivity (Wildman–Crippen MR) is 140 cm³/mol. The minimum absolute atomic E-state index is 0.0115. The van der Waals surface area contributed by atoms with Gasteiger partial charge in [-0.3, -0.25) is 14.5 Å². The summed E-state index contributed by atoms with van der Waals surface area (Å²) in [6.07, 6.45) is -6.31. The molecule has 2 saturated heterocycles. The van der Waals surface area contributed by atoms with Crippen molar-refractivity contribution in [2.24, 2.45) is 5.92 Å². The van der Waals surface area contributed by atoms with Gasteiger partial charge in [-0.05, 0) is 24.3 Å². The standard InChI is InChI=1S/C26H27ClF5N5O4/c27-17-2-4-19(20(11-17)36-9-7-35(8-10-36)6-5-26(30,31)32)34-24(39)18-3-1-15(21(28)22(18)29)12-33-23(38)16-13-37(14-16)25(40)41/h1-4,11,16H,5-10,12-14H2,(H,33,38)(H,34,39)(H,40,41). The van der Waals surface area contributed by atoms with Crippen molar-refractivity contribution in [3.05, 3.63) is 58.1 Å². The number of nitrogens with zero attached hydrogens (tertiary/aromatic N) is 3. The Morgan fingerprint density at radius 3 is 2.32 bits per heavy atom. The predicted octanol–water partition coefficient (Wildman–Crippen LogP) is 4.17. The maximum Gasteiger partial charge on any atom is 0.407 e. The smallest absolute Gasteiger partial charge is 0.407 e. The van der Waals surface area contributed by atoms with Crippen molar-refractivity contribution < 1.29 is 41.4 Å². The zero-order valence-corrected chi connectivity index (χ0v) is 22.4. The van der Waals surface area contributed by atoms with Crippen LogP contribution < -0.4 is 15.5 Å². The fourth-order valence-electron chi connectivity index (χ4n) is 4.59. The van der Waals surface area contributed by atoms with Gasteiger partial charge in [0.15, 0.2) is 11.6 Å².